The van der Waals surface area contributed by atoms with Crippen molar-refractivity contribution in [1.82, 2.24) is 19.8 Å². The van der Waals surface area contributed by atoms with Gasteiger partial charge in [0.15, 0.2) is 5.82 Å². The Hall–Kier alpha value is -3.85. The third kappa shape index (κ3) is 8.41. The lowest BCUT2D eigenvalue weighted by molar-refractivity contribution is -0.133. The minimum atomic E-state index is -3.49. The summed E-state index contributed by atoms with van der Waals surface area (Å²) in [5.41, 5.74) is 9.68. The van der Waals surface area contributed by atoms with Gasteiger partial charge in [0, 0.05) is 64.6 Å². The van der Waals surface area contributed by atoms with Crippen molar-refractivity contribution in [3.63, 3.8) is 0 Å². The number of hydrogen-bond donors (Lipinski definition) is 3. The van der Waals surface area contributed by atoms with Crippen LogP contribution in [0.5, 0.6) is 5.75 Å². The molecule has 48 heavy (non-hydrogen) atoms. The Bertz CT molecular complexity index is 1710. The van der Waals surface area contributed by atoms with Crippen molar-refractivity contribution in [2.75, 3.05) is 86.1 Å². The summed E-state index contributed by atoms with van der Waals surface area (Å²) in [6, 6.07) is 10.6. The molecule has 2 aliphatic rings. The number of nitrogens with two attached hydrogens (primary N) is 1. The second kappa shape index (κ2) is 15.1. The molecule has 1 atom stereocenters. The highest BCUT2D eigenvalue weighted by Gasteiger charge is 2.28. The van der Waals surface area contributed by atoms with Crippen LogP contribution in [-0.4, -0.2) is 106 Å². The van der Waals surface area contributed by atoms with Crippen molar-refractivity contribution in [2.45, 2.75) is 32.7 Å². The van der Waals surface area contributed by atoms with Gasteiger partial charge in [-0.1, -0.05) is 23.7 Å². The molecule has 0 radical (unpaired) electrons. The van der Waals surface area contributed by atoms with Crippen molar-refractivity contribution in [1.29, 1.82) is 0 Å². The number of amides is 1. The molecule has 1 amide bonds. The van der Waals surface area contributed by atoms with E-state index in [1.807, 2.05) is 17.0 Å². The predicted molar refractivity (Wildman–Crippen MR) is 193 cm³/mol. The van der Waals surface area contributed by atoms with E-state index in [0.717, 1.165) is 76.2 Å². The molecule has 260 valence electrons. The third-order valence-electron chi connectivity index (χ3n) is 9.05. The summed E-state index contributed by atoms with van der Waals surface area (Å²) in [5.74, 6) is 1.91. The van der Waals surface area contributed by atoms with Gasteiger partial charge in [0.05, 0.1) is 42.7 Å². The minimum absolute atomic E-state index is 0.0508. The van der Waals surface area contributed by atoms with Crippen LogP contribution < -0.4 is 30.3 Å². The summed E-state index contributed by atoms with van der Waals surface area (Å²) < 4.78 is 31.4. The van der Waals surface area contributed by atoms with E-state index in [0.29, 0.717) is 40.5 Å². The van der Waals surface area contributed by atoms with Crippen LogP contribution in [0, 0.1) is 12.8 Å². The maximum Gasteiger partial charge on any atom is 0.239 e. The summed E-state index contributed by atoms with van der Waals surface area (Å²) >= 11 is 6.45. The van der Waals surface area contributed by atoms with Gasteiger partial charge in [-0.05, 0) is 56.4 Å². The molecular formula is C33H46ClN9O4S. The molecule has 1 unspecified atom stereocenters. The average molecular weight is 700 g/mol. The van der Waals surface area contributed by atoms with Gasteiger partial charge < -0.3 is 30.9 Å². The van der Waals surface area contributed by atoms with Gasteiger partial charge in [-0.2, -0.15) is 4.98 Å². The lowest BCUT2D eigenvalue weighted by atomic mass is 9.95. The van der Waals surface area contributed by atoms with E-state index in [2.05, 4.69) is 37.3 Å². The van der Waals surface area contributed by atoms with E-state index in [-0.39, 0.29) is 10.9 Å². The number of benzene rings is 2. The van der Waals surface area contributed by atoms with E-state index in [9.17, 15) is 13.2 Å². The molecule has 0 aliphatic carbocycles. The molecular weight excluding hydrogens is 654 g/mol. The van der Waals surface area contributed by atoms with Crippen LogP contribution in [0.15, 0.2) is 42.6 Å². The molecule has 5 rings (SSSR count). The van der Waals surface area contributed by atoms with Crippen LogP contribution in [-0.2, 0) is 14.8 Å². The molecule has 3 heterocycles. The summed E-state index contributed by atoms with van der Waals surface area (Å²) in [6.07, 6.45) is 4.67. The SMILES string of the molecule is COc1cc(N2CCN(CC3CCN(C(=O)C(C)N)CC3)CC2)c(C)cc1Nc1ncc(Cl)c(Nc2ccccc2N(C)S(C)(=O)=O)n1. The molecule has 2 saturated heterocycles. The van der Waals surface area contributed by atoms with Crippen molar-refractivity contribution in [2.24, 2.45) is 11.7 Å². The minimum Gasteiger partial charge on any atom is -0.494 e. The number of nitrogens with one attached hydrogen (secondary N) is 2. The van der Waals surface area contributed by atoms with Crippen LogP contribution in [0.25, 0.3) is 0 Å². The monoisotopic (exact) mass is 699 g/mol. The first-order chi connectivity index (χ1) is 22.8. The zero-order chi connectivity index (χ0) is 34.6. The summed E-state index contributed by atoms with van der Waals surface area (Å²) in [6.45, 7) is 10.2. The number of hydrogen-bond acceptors (Lipinski definition) is 11. The fourth-order valence-electron chi connectivity index (χ4n) is 6.24. The Morgan fingerprint density at radius 3 is 2.44 bits per heavy atom. The first-order valence-corrected chi connectivity index (χ1v) is 18.4. The molecule has 0 saturated carbocycles. The Balaban J connectivity index is 1.23. The van der Waals surface area contributed by atoms with E-state index < -0.39 is 16.1 Å². The van der Waals surface area contributed by atoms with Crippen LogP contribution >= 0.6 is 11.6 Å². The van der Waals surface area contributed by atoms with Crippen molar-refractivity contribution in [3.8, 4) is 5.75 Å². The zero-order valence-corrected chi connectivity index (χ0v) is 29.8. The fraction of sp³-hybridized carbons (Fsp3) is 0.485. The second-order valence-corrected chi connectivity index (χ2v) is 15.0. The first-order valence-electron chi connectivity index (χ1n) is 16.1. The first kappa shape index (κ1) is 35.5. The highest BCUT2D eigenvalue weighted by atomic mass is 35.5. The lowest BCUT2D eigenvalue weighted by Crippen LogP contribution is -2.50. The molecule has 4 N–H and O–H groups in total. The molecule has 2 fully saturated rings. The molecule has 3 aromatic rings. The number of likely N-dealkylation sites (tertiary alicyclic amines) is 1. The van der Waals surface area contributed by atoms with Crippen molar-refractivity contribution in [3.05, 3.63) is 53.2 Å². The zero-order valence-electron chi connectivity index (χ0n) is 28.2. The van der Waals surface area contributed by atoms with E-state index in [1.54, 1.807) is 38.3 Å². The largest absolute Gasteiger partial charge is 0.494 e. The van der Waals surface area contributed by atoms with Crippen LogP contribution in [0.3, 0.4) is 0 Å². The molecule has 0 bridgehead atoms. The van der Waals surface area contributed by atoms with Crippen molar-refractivity contribution >= 4 is 62.0 Å². The number of piperidine rings is 1. The van der Waals surface area contributed by atoms with Gasteiger partial charge in [0.1, 0.15) is 10.8 Å². The van der Waals surface area contributed by atoms with E-state index >= 15 is 0 Å². The summed E-state index contributed by atoms with van der Waals surface area (Å²) in [7, 11) is -0.364. The number of para-hydroxylation sites is 2. The highest BCUT2D eigenvalue weighted by molar-refractivity contribution is 7.92. The second-order valence-electron chi connectivity index (χ2n) is 12.6. The molecule has 15 heteroatoms. The maximum atomic E-state index is 12.2. The van der Waals surface area contributed by atoms with E-state index in [4.69, 9.17) is 22.1 Å². The number of methoxy groups -OCH3 is 1. The lowest BCUT2D eigenvalue weighted by Gasteiger charge is -2.40. The van der Waals surface area contributed by atoms with Gasteiger partial charge >= 0.3 is 0 Å². The number of halogens is 1. The fourth-order valence-corrected chi connectivity index (χ4v) is 6.90. The van der Waals surface area contributed by atoms with Gasteiger partial charge in [-0.25, -0.2) is 13.4 Å². The Labute approximate surface area is 288 Å². The molecule has 1 aromatic heterocycles. The normalized spacial score (nSPS) is 16.8. The third-order valence-corrected chi connectivity index (χ3v) is 10.5. The van der Waals surface area contributed by atoms with Crippen molar-refractivity contribution < 1.29 is 17.9 Å². The average Bonchev–Trinajstić information content (AvgIpc) is 3.06. The van der Waals surface area contributed by atoms with Crippen LogP contribution in [0.1, 0.15) is 25.3 Å². The Kier molecular flexibility index (Phi) is 11.2. The van der Waals surface area contributed by atoms with Gasteiger partial charge in [-0.3, -0.25) is 14.0 Å². The molecule has 13 nitrogen and oxygen atoms in total. The number of piperazine rings is 1. The number of carbonyl (C=O) groups is 1. The number of carbonyl (C=O) groups excluding carboxylic acids is 1. The number of nitrogens with zero attached hydrogens (tertiary/aromatic N) is 6. The van der Waals surface area contributed by atoms with Gasteiger partial charge in [0.2, 0.25) is 21.9 Å². The quantitative estimate of drug-likeness (QED) is 0.266. The van der Waals surface area contributed by atoms with Gasteiger partial charge in [0.25, 0.3) is 0 Å². The molecule has 0 spiro atoms. The van der Waals surface area contributed by atoms with Gasteiger partial charge in [-0.15, -0.1) is 0 Å². The number of ether oxygens (including phenoxy) is 1. The molecule has 2 aromatic carbocycles. The van der Waals surface area contributed by atoms with Crippen LogP contribution in [0.2, 0.25) is 5.02 Å². The van der Waals surface area contributed by atoms with E-state index in [1.165, 1.54) is 17.5 Å². The van der Waals surface area contributed by atoms with Crippen LogP contribution in [0.4, 0.5) is 34.5 Å². The molecule has 2 aliphatic heterocycles. The number of rotatable bonds is 11. The number of aryl methyl sites for hydroxylation is 1. The Morgan fingerprint density at radius 1 is 1.10 bits per heavy atom. The summed E-state index contributed by atoms with van der Waals surface area (Å²) in [5, 5.41) is 6.70. The standard InChI is InChI=1S/C33H46ClN9O4S/c1-22-18-27(38-33-36-20-25(34)31(39-33)37-26-8-6-7-9-28(26)40(3)48(5,45)46)30(47-4)19-29(22)42-16-14-41(15-17-42)21-24-10-12-43(13-11-24)32(44)23(2)35/h6-9,18-20,23-24H,10-17,21,35H2,1-5H3,(H2,36,37,38,39). The maximum absolute atomic E-state index is 12.2. The number of aromatic nitrogens is 2. The highest BCUT2D eigenvalue weighted by Crippen LogP contribution is 2.36. The smallest absolute Gasteiger partial charge is 0.239 e. The number of sulfonamides is 1. The topological polar surface area (TPSA) is 149 Å². The predicted octanol–water partition coefficient (Wildman–Crippen LogP) is 4.04. The number of anilines is 6. The Morgan fingerprint density at radius 2 is 1.79 bits per heavy atom. The summed E-state index contributed by atoms with van der Waals surface area (Å²) in [4.78, 5) is 28.0.